The largest absolute Gasteiger partial charge is 0.339 e. The van der Waals surface area contributed by atoms with Gasteiger partial charge in [-0.2, -0.15) is 0 Å². The van der Waals surface area contributed by atoms with E-state index in [-0.39, 0.29) is 29.6 Å². The summed E-state index contributed by atoms with van der Waals surface area (Å²) in [6.45, 7) is 6.95. The van der Waals surface area contributed by atoms with Crippen LogP contribution in [0.15, 0.2) is 48.5 Å². The van der Waals surface area contributed by atoms with E-state index in [4.69, 9.17) is 0 Å². The fraction of sp³-hybridized carbons (Fsp3) is 0.480. The maximum atomic E-state index is 13.5. The van der Waals surface area contributed by atoms with Gasteiger partial charge in [-0.1, -0.05) is 38.1 Å². The normalized spacial score (nSPS) is 16.4. The molecule has 0 aromatic heterocycles. The number of piperazine rings is 1. The summed E-state index contributed by atoms with van der Waals surface area (Å²) in [5.41, 5.74) is 1.91. The van der Waals surface area contributed by atoms with Gasteiger partial charge in [0.25, 0.3) is 0 Å². The molecule has 2 aromatic rings. The fourth-order valence-corrected chi connectivity index (χ4v) is 4.29. The summed E-state index contributed by atoms with van der Waals surface area (Å²) < 4.78 is 27.0. The molecule has 1 fully saturated rings. The van der Waals surface area contributed by atoms with Gasteiger partial charge >= 0.3 is 0 Å². The van der Waals surface area contributed by atoms with Gasteiger partial charge < -0.3 is 4.90 Å². The van der Waals surface area contributed by atoms with E-state index in [1.54, 1.807) is 24.3 Å². The van der Waals surface area contributed by atoms with Gasteiger partial charge in [0, 0.05) is 26.2 Å². The van der Waals surface area contributed by atoms with E-state index in [9.17, 15) is 13.6 Å². The molecule has 0 radical (unpaired) electrons. The van der Waals surface area contributed by atoms with Gasteiger partial charge in [0.05, 0.1) is 12.1 Å². The Hall–Kier alpha value is -2.31. The summed E-state index contributed by atoms with van der Waals surface area (Å²) >= 11 is 0. The minimum Gasteiger partial charge on any atom is -0.339 e. The van der Waals surface area contributed by atoms with Crippen molar-refractivity contribution in [3.63, 3.8) is 0 Å². The molecule has 6 heteroatoms. The fourth-order valence-electron chi connectivity index (χ4n) is 4.29. The smallest absolute Gasteiger partial charge is 0.240 e. The molecule has 1 saturated heterocycles. The van der Waals surface area contributed by atoms with Gasteiger partial charge in [0.15, 0.2) is 0 Å². The van der Waals surface area contributed by atoms with E-state index in [0.717, 1.165) is 17.5 Å². The maximum absolute atomic E-state index is 13.5. The van der Waals surface area contributed by atoms with Crippen LogP contribution in [0.2, 0.25) is 0 Å². The number of hydrogen-bond donors (Lipinski definition) is 0. The first-order chi connectivity index (χ1) is 14.8. The standard InChI is InChI=1S/C25H33F2N3O/c1-18(2)17-23(28(3)4)25(31)30-15-13-29(14-16-30)24(19-5-9-21(26)10-6-19)20-7-11-22(27)12-8-20/h5-12,18,23-24H,13-17H2,1-4H3/t23-/m0/s1. The minimum atomic E-state index is -0.281. The zero-order valence-electron chi connectivity index (χ0n) is 18.9. The third-order valence-corrected chi connectivity index (χ3v) is 5.97. The van der Waals surface area contributed by atoms with Gasteiger partial charge in [-0.15, -0.1) is 0 Å². The number of halogens is 2. The van der Waals surface area contributed by atoms with Crippen LogP contribution in [0.4, 0.5) is 8.78 Å². The lowest BCUT2D eigenvalue weighted by atomic mass is 9.96. The SMILES string of the molecule is CC(C)C[C@@H](C(=O)N1CCN(C(c2ccc(F)cc2)c2ccc(F)cc2)CC1)N(C)C. The molecule has 3 rings (SSSR count). The van der Waals surface area contributed by atoms with Crippen LogP contribution in [-0.2, 0) is 4.79 Å². The average molecular weight is 430 g/mol. The van der Waals surface area contributed by atoms with Crippen molar-refractivity contribution in [3.8, 4) is 0 Å². The van der Waals surface area contributed by atoms with Crippen molar-refractivity contribution in [1.29, 1.82) is 0 Å². The predicted octanol–water partition coefficient (Wildman–Crippen LogP) is 4.17. The summed E-state index contributed by atoms with van der Waals surface area (Å²) in [4.78, 5) is 19.4. The third-order valence-electron chi connectivity index (χ3n) is 5.97. The number of amides is 1. The Balaban J connectivity index is 1.77. The molecule has 0 unspecified atom stereocenters. The van der Waals surface area contributed by atoms with Crippen LogP contribution in [0.1, 0.15) is 37.4 Å². The molecule has 2 aromatic carbocycles. The number of rotatable bonds is 7. The highest BCUT2D eigenvalue weighted by molar-refractivity contribution is 5.82. The average Bonchev–Trinajstić information content (AvgIpc) is 2.74. The number of carbonyl (C=O) groups excluding carboxylic acids is 1. The van der Waals surface area contributed by atoms with Crippen LogP contribution in [0.5, 0.6) is 0 Å². The monoisotopic (exact) mass is 429 g/mol. The molecule has 1 aliphatic heterocycles. The van der Waals surface area contributed by atoms with E-state index in [2.05, 4.69) is 18.7 Å². The second kappa shape index (κ2) is 10.3. The zero-order chi connectivity index (χ0) is 22.5. The molecule has 168 valence electrons. The Labute approximate surface area is 184 Å². The second-order valence-corrected chi connectivity index (χ2v) is 8.98. The van der Waals surface area contributed by atoms with Crippen LogP contribution >= 0.6 is 0 Å². The number of carbonyl (C=O) groups is 1. The van der Waals surface area contributed by atoms with Crippen LogP contribution in [0.3, 0.4) is 0 Å². The first-order valence-corrected chi connectivity index (χ1v) is 11.0. The molecule has 1 heterocycles. The highest BCUT2D eigenvalue weighted by Crippen LogP contribution is 2.30. The number of nitrogens with zero attached hydrogens (tertiary/aromatic N) is 3. The predicted molar refractivity (Wildman–Crippen MR) is 120 cm³/mol. The molecule has 4 nitrogen and oxygen atoms in total. The number of benzene rings is 2. The molecule has 0 bridgehead atoms. The first kappa shape index (κ1) is 23.4. The zero-order valence-corrected chi connectivity index (χ0v) is 18.9. The lowest BCUT2D eigenvalue weighted by molar-refractivity contribution is -0.138. The summed E-state index contributed by atoms with van der Waals surface area (Å²) in [5, 5.41) is 0. The molecule has 31 heavy (non-hydrogen) atoms. The summed E-state index contributed by atoms with van der Waals surface area (Å²) in [5.74, 6) is 0.0613. The van der Waals surface area contributed by atoms with Crippen LogP contribution in [-0.4, -0.2) is 66.9 Å². The highest BCUT2D eigenvalue weighted by atomic mass is 19.1. The molecule has 0 aliphatic carbocycles. The van der Waals surface area contributed by atoms with Gasteiger partial charge in [-0.05, 0) is 61.8 Å². The van der Waals surface area contributed by atoms with Crippen molar-refractivity contribution in [1.82, 2.24) is 14.7 Å². The number of likely N-dealkylation sites (N-methyl/N-ethyl adjacent to an activating group) is 1. The van der Waals surface area contributed by atoms with Gasteiger partial charge in [0.2, 0.25) is 5.91 Å². The third kappa shape index (κ3) is 5.89. The van der Waals surface area contributed by atoms with Gasteiger partial charge in [-0.3, -0.25) is 14.6 Å². The Morgan fingerprint density at radius 2 is 1.32 bits per heavy atom. The van der Waals surface area contributed by atoms with Crippen molar-refractivity contribution >= 4 is 5.91 Å². The van der Waals surface area contributed by atoms with Crippen molar-refractivity contribution in [2.24, 2.45) is 5.92 Å². The Kier molecular flexibility index (Phi) is 7.79. The molecule has 1 amide bonds. The lowest BCUT2D eigenvalue weighted by Crippen LogP contribution is -2.54. The summed E-state index contributed by atoms with van der Waals surface area (Å²) in [7, 11) is 3.92. The second-order valence-electron chi connectivity index (χ2n) is 8.98. The molecule has 1 aliphatic rings. The topological polar surface area (TPSA) is 26.8 Å². The quantitative estimate of drug-likeness (QED) is 0.661. The van der Waals surface area contributed by atoms with Crippen LogP contribution in [0, 0.1) is 17.6 Å². The molecule has 1 atom stereocenters. The molecular formula is C25H33F2N3O. The molecule has 0 saturated carbocycles. The van der Waals surface area contributed by atoms with E-state index in [1.165, 1.54) is 24.3 Å². The first-order valence-electron chi connectivity index (χ1n) is 11.0. The van der Waals surface area contributed by atoms with E-state index in [0.29, 0.717) is 32.1 Å². The van der Waals surface area contributed by atoms with Crippen LogP contribution in [0.25, 0.3) is 0 Å². The van der Waals surface area contributed by atoms with Gasteiger partial charge in [-0.25, -0.2) is 8.78 Å². The minimum absolute atomic E-state index is 0.112. The molecule has 0 spiro atoms. The van der Waals surface area contributed by atoms with E-state index >= 15 is 0 Å². The maximum Gasteiger partial charge on any atom is 0.240 e. The van der Waals surface area contributed by atoms with E-state index < -0.39 is 0 Å². The van der Waals surface area contributed by atoms with Gasteiger partial charge in [0.1, 0.15) is 11.6 Å². The van der Waals surface area contributed by atoms with Crippen molar-refractivity contribution in [3.05, 3.63) is 71.3 Å². The molecular weight excluding hydrogens is 396 g/mol. The Morgan fingerprint density at radius 3 is 1.71 bits per heavy atom. The van der Waals surface area contributed by atoms with Crippen molar-refractivity contribution in [2.75, 3.05) is 40.3 Å². The Bertz CT molecular complexity index is 799. The molecule has 0 N–H and O–H groups in total. The van der Waals surface area contributed by atoms with Crippen molar-refractivity contribution < 1.29 is 13.6 Å². The van der Waals surface area contributed by atoms with Crippen LogP contribution < -0.4 is 0 Å². The lowest BCUT2D eigenvalue weighted by Gasteiger charge is -2.41. The summed E-state index contributed by atoms with van der Waals surface area (Å²) in [6.07, 6.45) is 0.833. The highest BCUT2D eigenvalue weighted by Gasteiger charge is 2.32. The van der Waals surface area contributed by atoms with Crippen molar-refractivity contribution in [2.45, 2.75) is 32.4 Å². The Morgan fingerprint density at radius 1 is 0.871 bits per heavy atom. The van der Waals surface area contributed by atoms with E-state index in [1.807, 2.05) is 23.9 Å². The number of hydrogen-bond acceptors (Lipinski definition) is 3. The summed E-state index contributed by atoms with van der Waals surface area (Å²) in [6, 6.07) is 12.7.